The highest BCUT2D eigenvalue weighted by Crippen LogP contribution is 2.24. The molecule has 1 N–H and O–H groups in total. The molecule has 0 saturated carbocycles. The van der Waals surface area contributed by atoms with Crippen LogP contribution in [0.3, 0.4) is 0 Å². The molecule has 25 heavy (non-hydrogen) atoms. The Hall–Kier alpha value is -2.16. The quantitative estimate of drug-likeness (QED) is 0.665. The first-order valence-electron chi connectivity index (χ1n) is 7.56. The predicted molar refractivity (Wildman–Crippen MR) is 95.4 cm³/mol. The highest BCUT2D eigenvalue weighted by Gasteiger charge is 2.26. The van der Waals surface area contributed by atoms with Crippen LogP contribution in [0.4, 0.5) is 0 Å². The van der Waals surface area contributed by atoms with Crippen molar-refractivity contribution < 1.29 is 22.4 Å². The topological polar surface area (TPSA) is 85.6 Å². The predicted octanol–water partition coefficient (Wildman–Crippen LogP) is 3.19. The highest BCUT2D eigenvalue weighted by atomic mass is 32.2. The minimum absolute atomic E-state index is 0.0611. The Kier molecular flexibility index (Phi) is 4.94. The molecule has 3 rings (SSSR count). The van der Waals surface area contributed by atoms with Gasteiger partial charge >= 0.3 is 5.97 Å². The van der Waals surface area contributed by atoms with Gasteiger partial charge < -0.3 is 9.15 Å². The van der Waals surface area contributed by atoms with E-state index < -0.39 is 22.0 Å². The summed E-state index contributed by atoms with van der Waals surface area (Å²) in [7, 11) is -2.62. The Bertz CT molecular complexity index is 970. The lowest BCUT2D eigenvalue weighted by molar-refractivity contribution is 0.0602. The Balaban J connectivity index is 1.76. The maximum atomic E-state index is 12.6. The lowest BCUT2D eigenvalue weighted by atomic mass is 10.2. The molecule has 0 radical (unpaired) electrons. The Morgan fingerprint density at radius 3 is 2.80 bits per heavy atom. The molecule has 0 amide bonds. The number of hydrogen-bond acceptors (Lipinski definition) is 6. The van der Waals surface area contributed by atoms with Crippen LogP contribution in [0.1, 0.15) is 22.4 Å². The standard InChI is InChI=1S/C17H17NO5S2/c1-11(9-13-10-12-5-3-4-6-14(12)23-13)18-25(20,21)15-7-8-24-16(15)17(19)22-2/h3-8,10-11,18H,9H2,1-2H3/t11-/m0/s1. The van der Waals surface area contributed by atoms with Crippen molar-refractivity contribution in [3.8, 4) is 0 Å². The molecule has 2 aromatic heterocycles. The number of thiophene rings is 1. The van der Waals surface area contributed by atoms with Crippen LogP contribution in [0.2, 0.25) is 0 Å². The average molecular weight is 379 g/mol. The van der Waals surface area contributed by atoms with Crippen LogP contribution < -0.4 is 4.72 Å². The number of furan rings is 1. The van der Waals surface area contributed by atoms with Crippen molar-refractivity contribution in [2.45, 2.75) is 24.3 Å². The van der Waals surface area contributed by atoms with Crippen molar-refractivity contribution in [1.29, 1.82) is 0 Å². The van der Waals surface area contributed by atoms with Gasteiger partial charge in [-0.15, -0.1) is 11.3 Å². The average Bonchev–Trinajstić information content (AvgIpc) is 3.19. The molecule has 0 aliphatic carbocycles. The van der Waals surface area contributed by atoms with Gasteiger partial charge in [-0.2, -0.15) is 0 Å². The second-order valence-electron chi connectivity index (χ2n) is 5.58. The van der Waals surface area contributed by atoms with Crippen molar-refractivity contribution in [3.05, 3.63) is 52.4 Å². The molecule has 0 saturated heterocycles. The number of ether oxygens (including phenoxy) is 1. The molecule has 0 unspecified atom stereocenters. The molecular weight excluding hydrogens is 362 g/mol. The minimum Gasteiger partial charge on any atom is -0.465 e. The molecule has 3 aromatic rings. The molecule has 0 aliphatic rings. The fourth-order valence-corrected chi connectivity index (χ4v) is 5.14. The normalized spacial score (nSPS) is 13.0. The molecule has 0 bridgehead atoms. The lowest BCUT2D eigenvalue weighted by Crippen LogP contribution is -2.34. The van der Waals surface area contributed by atoms with Crippen molar-refractivity contribution in [2.24, 2.45) is 0 Å². The molecule has 132 valence electrons. The zero-order valence-corrected chi connectivity index (χ0v) is 15.3. The van der Waals surface area contributed by atoms with Crippen LogP contribution in [-0.4, -0.2) is 27.5 Å². The lowest BCUT2D eigenvalue weighted by Gasteiger charge is -2.13. The van der Waals surface area contributed by atoms with Gasteiger partial charge in [-0.05, 0) is 30.5 Å². The van der Waals surface area contributed by atoms with Crippen LogP contribution >= 0.6 is 11.3 Å². The number of carbonyl (C=O) groups is 1. The second-order valence-corrected chi connectivity index (χ2v) is 8.18. The largest absolute Gasteiger partial charge is 0.465 e. The Labute approximate surface area is 149 Å². The number of nitrogens with one attached hydrogen (secondary N) is 1. The Morgan fingerprint density at radius 2 is 2.08 bits per heavy atom. The van der Waals surface area contributed by atoms with Gasteiger partial charge in [-0.1, -0.05) is 18.2 Å². The van der Waals surface area contributed by atoms with E-state index in [4.69, 9.17) is 4.42 Å². The van der Waals surface area contributed by atoms with Crippen molar-refractivity contribution in [2.75, 3.05) is 7.11 Å². The second kappa shape index (κ2) is 6.99. The first-order chi connectivity index (χ1) is 11.9. The van der Waals surface area contributed by atoms with E-state index in [0.29, 0.717) is 12.2 Å². The van der Waals surface area contributed by atoms with Gasteiger partial charge in [0.2, 0.25) is 10.0 Å². The fraction of sp³-hybridized carbons (Fsp3) is 0.235. The zero-order chi connectivity index (χ0) is 18.0. The number of rotatable bonds is 6. The number of fused-ring (bicyclic) bond motifs is 1. The summed E-state index contributed by atoms with van der Waals surface area (Å²) in [6.07, 6.45) is 0.394. The molecule has 1 atom stereocenters. The number of hydrogen-bond donors (Lipinski definition) is 1. The zero-order valence-electron chi connectivity index (χ0n) is 13.7. The third-order valence-corrected chi connectivity index (χ3v) is 6.29. The minimum atomic E-state index is -3.83. The number of carbonyl (C=O) groups excluding carboxylic acids is 1. The van der Waals surface area contributed by atoms with Crippen LogP contribution in [0.25, 0.3) is 11.0 Å². The summed E-state index contributed by atoms with van der Waals surface area (Å²) in [5.74, 6) is 0.0234. The molecule has 1 aromatic carbocycles. The summed E-state index contributed by atoms with van der Waals surface area (Å²) in [6, 6.07) is 10.5. The summed E-state index contributed by atoms with van der Waals surface area (Å²) in [5.41, 5.74) is 0.762. The van der Waals surface area contributed by atoms with Gasteiger partial charge in [0, 0.05) is 17.8 Å². The molecular formula is C17H17NO5S2. The summed E-state index contributed by atoms with van der Waals surface area (Å²) >= 11 is 1.03. The number of sulfonamides is 1. The van der Waals surface area contributed by atoms with Crippen LogP contribution in [0.5, 0.6) is 0 Å². The van der Waals surface area contributed by atoms with Crippen molar-refractivity contribution >= 4 is 38.3 Å². The van der Waals surface area contributed by atoms with Gasteiger partial charge in [0.1, 0.15) is 21.1 Å². The smallest absolute Gasteiger partial charge is 0.349 e. The number of methoxy groups -OCH3 is 1. The first-order valence-corrected chi connectivity index (χ1v) is 9.92. The fourth-order valence-electron chi connectivity index (χ4n) is 2.56. The molecule has 0 spiro atoms. The highest BCUT2D eigenvalue weighted by molar-refractivity contribution is 7.89. The number of benzene rings is 1. The molecule has 8 heteroatoms. The van der Waals surface area contributed by atoms with E-state index in [9.17, 15) is 13.2 Å². The summed E-state index contributed by atoms with van der Waals surface area (Å²) in [6.45, 7) is 1.74. The van der Waals surface area contributed by atoms with Gasteiger partial charge in [-0.25, -0.2) is 17.9 Å². The Morgan fingerprint density at radius 1 is 1.32 bits per heavy atom. The molecule has 6 nitrogen and oxygen atoms in total. The SMILES string of the molecule is COC(=O)c1sccc1S(=O)(=O)N[C@@H](C)Cc1cc2ccccc2o1. The van der Waals surface area contributed by atoms with Gasteiger partial charge in [0.05, 0.1) is 7.11 Å². The third-order valence-electron chi connectivity index (χ3n) is 3.63. The third kappa shape index (κ3) is 3.76. The van der Waals surface area contributed by atoms with E-state index in [2.05, 4.69) is 9.46 Å². The summed E-state index contributed by atoms with van der Waals surface area (Å²) < 4.78 is 38.1. The number of para-hydroxylation sites is 1. The molecule has 0 fully saturated rings. The van der Waals surface area contributed by atoms with E-state index in [1.54, 1.807) is 12.3 Å². The van der Waals surface area contributed by atoms with Crippen molar-refractivity contribution in [1.82, 2.24) is 4.72 Å². The van der Waals surface area contributed by atoms with Gasteiger partial charge in [0.15, 0.2) is 0 Å². The van der Waals surface area contributed by atoms with E-state index >= 15 is 0 Å². The van der Waals surface area contributed by atoms with Gasteiger partial charge in [0.25, 0.3) is 0 Å². The van der Waals surface area contributed by atoms with Crippen molar-refractivity contribution in [3.63, 3.8) is 0 Å². The first kappa shape index (κ1) is 17.7. The summed E-state index contributed by atoms with van der Waals surface area (Å²) in [5, 5.41) is 2.52. The maximum absolute atomic E-state index is 12.6. The molecule has 2 heterocycles. The van der Waals surface area contributed by atoms with Crippen LogP contribution in [0, 0.1) is 0 Å². The maximum Gasteiger partial charge on any atom is 0.349 e. The summed E-state index contributed by atoms with van der Waals surface area (Å²) in [4.78, 5) is 11.7. The van der Waals surface area contributed by atoms with E-state index in [1.165, 1.54) is 13.2 Å². The van der Waals surface area contributed by atoms with Crippen LogP contribution in [-0.2, 0) is 21.2 Å². The van der Waals surface area contributed by atoms with E-state index in [0.717, 1.165) is 22.3 Å². The van der Waals surface area contributed by atoms with Crippen LogP contribution in [0.15, 0.2) is 51.1 Å². The monoisotopic (exact) mass is 379 g/mol. The van der Waals surface area contributed by atoms with E-state index in [1.807, 2.05) is 30.3 Å². The van der Waals surface area contributed by atoms with Gasteiger partial charge in [-0.3, -0.25) is 0 Å². The number of esters is 1. The van der Waals surface area contributed by atoms with E-state index in [-0.39, 0.29) is 9.77 Å². The molecule has 0 aliphatic heterocycles.